The number of fused-ring (bicyclic) bond motifs is 7. The van der Waals surface area contributed by atoms with Gasteiger partial charge in [-0.25, -0.2) is 0 Å². The van der Waals surface area contributed by atoms with E-state index >= 15 is 0 Å². The van der Waals surface area contributed by atoms with Crippen LogP contribution in [-0.2, 0) is 0 Å². The molecule has 1 heteroatoms. The average molecular weight is 547 g/mol. The predicted octanol–water partition coefficient (Wildman–Crippen LogP) is 12.0. The largest absolute Gasteiger partial charge is 0.456 e. The molecule has 0 saturated heterocycles. The minimum Gasteiger partial charge on any atom is -0.456 e. The summed E-state index contributed by atoms with van der Waals surface area (Å²) in [5.74, 6) is 0. The number of rotatable bonds is 3. The second-order valence-corrected chi connectivity index (χ2v) is 11.3. The van der Waals surface area contributed by atoms with Crippen LogP contribution >= 0.6 is 0 Å². The second-order valence-electron chi connectivity index (χ2n) is 11.3. The van der Waals surface area contributed by atoms with Crippen molar-refractivity contribution in [3.63, 3.8) is 0 Å². The normalized spacial score (nSPS) is 11.7. The molecule has 43 heavy (non-hydrogen) atoms. The molecule has 1 heterocycles. The van der Waals surface area contributed by atoms with E-state index in [1.807, 2.05) is 0 Å². The topological polar surface area (TPSA) is 13.1 Å². The zero-order valence-corrected chi connectivity index (χ0v) is 23.4. The third kappa shape index (κ3) is 3.72. The zero-order valence-electron chi connectivity index (χ0n) is 23.4. The van der Waals surface area contributed by atoms with Gasteiger partial charge >= 0.3 is 0 Å². The molecule has 200 valence electrons. The first-order valence-electron chi connectivity index (χ1n) is 14.8. The van der Waals surface area contributed by atoms with Gasteiger partial charge < -0.3 is 4.42 Å². The summed E-state index contributed by atoms with van der Waals surface area (Å²) in [7, 11) is 0. The Kier molecular flexibility index (Phi) is 5.27. The smallest absolute Gasteiger partial charge is 0.136 e. The molecule has 0 fully saturated rings. The molecule has 0 atom stereocenters. The van der Waals surface area contributed by atoms with Crippen molar-refractivity contribution in [3.05, 3.63) is 158 Å². The minimum absolute atomic E-state index is 0.915. The molecule has 0 amide bonds. The summed E-state index contributed by atoms with van der Waals surface area (Å²) in [6.45, 7) is 0. The Morgan fingerprint density at radius 3 is 1.53 bits per heavy atom. The highest BCUT2D eigenvalue weighted by atomic mass is 16.3. The molecule has 0 bridgehead atoms. The van der Waals surface area contributed by atoms with Crippen LogP contribution in [0.4, 0.5) is 0 Å². The molecule has 1 nitrogen and oxygen atoms in total. The lowest BCUT2D eigenvalue weighted by Crippen LogP contribution is -1.91. The molecule has 0 aliphatic rings. The van der Waals surface area contributed by atoms with E-state index in [1.54, 1.807) is 0 Å². The van der Waals surface area contributed by atoms with E-state index in [-0.39, 0.29) is 0 Å². The van der Waals surface area contributed by atoms with Crippen LogP contribution in [0, 0.1) is 0 Å². The van der Waals surface area contributed by atoms with Gasteiger partial charge in [0.1, 0.15) is 11.2 Å². The third-order valence-electron chi connectivity index (χ3n) is 8.84. The van der Waals surface area contributed by atoms with Gasteiger partial charge in [0, 0.05) is 10.8 Å². The van der Waals surface area contributed by atoms with Crippen LogP contribution in [0.15, 0.2) is 162 Å². The molecule has 8 aromatic carbocycles. The van der Waals surface area contributed by atoms with E-state index in [9.17, 15) is 0 Å². The van der Waals surface area contributed by atoms with E-state index < -0.39 is 0 Å². The Morgan fingerprint density at radius 1 is 0.302 bits per heavy atom. The van der Waals surface area contributed by atoms with Gasteiger partial charge in [-0.1, -0.05) is 133 Å². The van der Waals surface area contributed by atoms with Crippen LogP contribution < -0.4 is 0 Å². The Bertz CT molecular complexity index is 2440. The number of hydrogen-bond acceptors (Lipinski definition) is 1. The fraction of sp³-hybridized carbons (Fsp3) is 0. The fourth-order valence-electron chi connectivity index (χ4n) is 6.94. The van der Waals surface area contributed by atoms with Gasteiger partial charge in [0.2, 0.25) is 0 Å². The van der Waals surface area contributed by atoms with Gasteiger partial charge in [-0.2, -0.15) is 0 Å². The standard InChI is InChI=1S/C42H26O/c1-2-11-27(12-3-1)29-14-10-15-30(25-29)40-33-17-6-8-19-35(33)41(36-20-9-7-18-34(36)40)31-22-23-38-37(26-31)42-32-16-5-4-13-28(32)21-24-39(42)43-38/h1-26H. The third-order valence-corrected chi connectivity index (χ3v) is 8.84. The molecule has 9 rings (SSSR count). The average Bonchev–Trinajstić information content (AvgIpc) is 3.46. The summed E-state index contributed by atoms with van der Waals surface area (Å²) in [6.07, 6.45) is 0. The molecule has 9 aromatic rings. The van der Waals surface area contributed by atoms with E-state index in [4.69, 9.17) is 4.42 Å². The zero-order chi connectivity index (χ0) is 28.3. The van der Waals surface area contributed by atoms with Crippen molar-refractivity contribution in [1.82, 2.24) is 0 Å². The summed E-state index contributed by atoms with van der Waals surface area (Å²) >= 11 is 0. The molecular weight excluding hydrogens is 520 g/mol. The molecule has 0 saturated carbocycles. The molecule has 0 N–H and O–H groups in total. The van der Waals surface area contributed by atoms with Crippen molar-refractivity contribution in [3.8, 4) is 33.4 Å². The van der Waals surface area contributed by atoms with Gasteiger partial charge in [-0.05, 0) is 90.0 Å². The van der Waals surface area contributed by atoms with Crippen molar-refractivity contribution >= 4 is 54.3 Å². The SMILES string of the molecule is c1ccc(-c2cccc(-c3c4ccccc4c(-c4ccc5oc6ccc7ccccc7c6c5c4)c4ccccc34)c2)cc1. The summed E-state index contributed by atoms with van der Waals surface area (Å²) in [5.41, 5.74) is 9.23. The van der Waals surface area contributed by atoms with Gasteiger partial charge in [0.25, 0.3) is 0 Å². The second kappa shape index (κ2) is 9.44. The van der Waals surface area contributed by atoms with Crippen molar-refractivity contribution in [2.24, 2.45) is 0 Å². The van der Waals surface area contributed by atoms with Crippen molar-refractivity contribution in [2.45, 2.75) is 0 Å². The predicted molar refractivity (Wildman–Crippen MR) is 183 cm³/mol. The lowest BCUT2D eigenvalue weighted by Gasteiger charge is -2.18. The van der Waals surface area contributed by atoms with Crippen LogP contribution in [0.5, 0.6) is 0 Å². The highest BCUT2D eigenvalue weighted by molar-refractivity contribution is 6.23. The van der Waals surface area contributed by atoms with Crippen LogP contribution in [-0.4, -0.2) is 0 Å². The van der Waals surface area contributed by atoms with Crippen molar-refractivity contribution < 1.29 is 4.42 Å². The van der Waals surface area contributed by atoms with Gasteiger partial charge in [0.15, 0.2) is 0 Å². The summed E-state index contributed by atoms with van der Waals surface area (Å²) in [6, 6.07) is 56.8. The van der Waals surface area contributed by atoms with E-state index in [0.29, 0.717) is 0 Å². The Labute approximate surface area is 249 Å². The summed E-state index contributed by atoms with van der Waals surface area (Å²) < 4.78 is 6.35. The van der Waals surface area contributed by atoms with Gasteiger partial charge in [-0.15, -0.1) is 0 Å². The molecule has 0 spiro atoms. The maximum atomic E-state index is 6.35. The van der Waals surface area contributed by atoms with Crippen LogP contribution in [0.1, 0.15) is 0 Å². The molecule has 0 aliphatic carbocycles. The van der Waals surface area contributed by atoms with Crippen molar-refractivity contribution in [2.75, 3.05) is 0 Å². The van der Waals surface area contributed by atoms with Crippen LogP contribution in [0.25, 0.3) is 87.6 Å². The molecule has 0 aliphatic heterocycles. The van der Waals surface area contributed by atoms with Crippen LogP contribution in [0.2, 0.25) is 0 Å². The molecule has 0 radical (unpaired) electrons. The van der Waals surface area contributed by atoms with E-state index in [2.05, 4.69) is 158 Å². The highest BCUT2D eigenvalue weighted by Crippen LogP contribution is 2.45. The first kappa shape index (κ1) is 24.0. The first-order valence-corrected chi connectivity index (χ1v) is 14.8. The van der Waals surface area contributed by atoms with E-state index in [1.165, 1.54) is 71.1 Å². The van der Waals surface area contributed by atoms with Crippen molar-refractivity contribution in [1.29, 1.82) is 0 Å². The minimum atomic E-state index is 0.915. The monoisotopic (exact) mass is 546 g/mol. The fourth-order valence-corrected chi connectivity index (χ4v) is 6.94. The maximum absolute atomic E-state index is 6.35. The number of furan rings is 1. The number of benzene rings is 8. The molecule has 1 aromatic heterocycles. The molecular formula is C42H26O. The summed E-state index contributed by atoms with van der Waals surface area (Å²) in [4.78, 5) is 0. The first-order chi connectivity index (χ1) is 21.3. The van der Waals surface area contributed by atoms with Crippen LogP contribution in [0.3, 0.4) is 0 Å². The lowest BCUT2D eigenvalue weighted by atomic mass is 9.85. The Morgan fingerprint density at radius 2 is 0.837 bits per heavy atom. The highest BCUT2D eigenvalue weighted by Gasteiger charge is 2.18. The molecule has 0 unspecified atom stereocenters. The number of hydrogen-bond donors (Lipinski definition) is 0. The maximum Gasteiger partial charge on any atom is 0.136 e. The Balaban J connectivity index is 1.35. The Hall–Kier alpha value is -5.66. The van der Waals surface area contributed by atoms with E-state index in [0.717, 1.165) is 16.6 Å². The summed E-state index contributed by atoms with van der Waals surface area (Å²) in [5, 5.41) is 9.78. The van der Waals surface area contributed by atoms with Gasteiger partial charge in [-0.3, -0.25) is 0 Å². The van der Waals surface area contributed by atoms with Gasteiger partial charge in [0.05, 0.1) is 0 Å². The lowest BCUT2D eigenvalue weighted by molar-refractivity contribution is 0.669. The quantitative estimate of drug-likeness (QED) is 0.201.